The topological polar surface area (TPSA) is 33.6 Å². The van der Waals surface area contributed by atoms with E-state index in [9.17, 15) is 5.26 Å². The van der Waals surface area contributed by atoms with Gasteiger partial charge in [-0.1, -0.05) is 104 Å². The van der Waals surface area contributed by atoms with Gasteiger partial charge in [-0.3, -0.25) is 0 Å². The summed E-state index contributed by atoms with van der Waals surface area (Å²) in [4.78, 5) is 0. The molecule has 1 atom stereocenters. The molecule has 0 bridgehead atoms. The zero-order valence-corrected chi connectivity index (χ0v) is 22.8. The summed E-state index contributed by atoms with van der Waals surface area (Å²) in [5.74, 6) is 0.464. The van der Waals surface area contributed by atoms with E-state index < -0.39 is 0 Å². The standard InChI is InChI=1S/C38H27N3/c1-25-21-22-31-30-14-5-9-19-36(30)41(38(31)23-25)33-16-6-2-11-27(33)26-15-10-20-37(32(26)24-39)40-34-17-7-3-12-28(34)29-13-4-8-18-35(29)40/h2-22,25H,23H2,1H3. The molecule has 3 heteroatoms. The van der Waals surface area contributed by atoms with Gasteiger partial charge in [0.1, 0.15) is 6.07 Å². The first-order valence-corrected chi connectivity index (χ1v) is 14.2. The van der Waals surface area contributed by atoms with Crippen molar-refractivity contribution in [3.8, 4) is 28.6 Å². The Morgan fingerprint density at radius 3 is 1.88 bits per heavy atom. The van der Waals surface area contributed by atoms with Crippen LogP contribution in [0.25, 0.3) is 61.3 Å². The second kappa shape index (κ2) is 9.11. The van der Waals surface area contributed by atoms with Gasteiger partial charge in [-0.15, -0.1) is 0 Å². The van der Waals surface area contributed by atoms with Crippen LogP contribution in [0.15, 0.2) is 121 Å². The average Bonchev–Trinajstić information content (AvgIpc) is 3.53. The number of fused-ring (bicyclic) bond motifs is 6. The molecule has 0 radical (unpaired) electrons. The summed E-state index contributed by atoms with van der Waals surface area (Å²) in [6.07, 6.45) is 5.57. The highest BCUT2D eigenvalue weighted by molar-refractivity contribution is 6.09. The molecule has 0 saturated heterocycles. The molecule has 1 aliphatic carbocycles. The number of nitriles is 1. The Morgan fingerprint density at radius 2 is 1.17 bits per heavy atom. The minimum absolute atomic E-state index is 0.464. The van der Waals surface area contributed by atoms with E-state index in [4.69, 9.17) is 0 Å². The summed E-state index contributed by atoms with van der Waals surface area (Å²) in [5.41, 5.74) is 10.7. The molecule has 1 unspecified atom stereocenters. The highest BCUT2D eigenvalue weighted by Gasteiger charge is 2.24. The molecule has 2 heterocycles. The van der Waals surface area contributed by atoms with Crippen LogP contribution < -0.4 is 0 Å². The molecule has 5 aromatic carbocycles. The molecule has 0 fully saturated rings. The third-order valence-electron chi connectivity index (χ3n) is 8.53. The fourth-order valence-corrected chi connectivity index (χ4v) is 6.76. The number of rotatable bonds is 3. The van der Waals surface area contributed by atoms with Gasteiger partial charge in [-0.05, 0) is 42.7 Å². The van der Waals surface area contributed by atoms with Crippen molar-refractivity contribution in [2.75, 3.05) is 0 Å². The molecule has 1 aliphatic rings. The lowest BCUT2D eigenvalue weighted by Gasteiger charge is -2.20. The minimum atomic E-state index is 0.464. The van der Waals surface area contributed by atoms with Gasteiger partial charge < -0.3 is 9.13 Å². The number of hydrogen-bond donors (Lipinski definition) is 0. The SMILES string of the molecule is CC1C=Cc2c(n(-c3ccccc3-c3cccc(-n4c5ccccc5c5ccccc54)c3C#N)c3ccccc23)C1. The highest BCUT2D eigenvalue weighted by Crippen LogP contribution is 2.40. The normalized spacial score (nSPS) is 14.5. The second-order valence-electron chi connectivity index (χ2n) is 11.0. The lowest BCUT2D eigenvalue weighted by atomic mass is 9.94. The zero-order chi connectivity index (χ0) is 27.5. The number of allylic oxidation sites excluding steroid dienone is 1. The van der Waals surface area contributed by atoms with Crippen LogP contribution in [0.1, 0.15) is 23.7 Å². The third-order valence-corrected chi connectivity index (χ3v) is 8.53. The Morgan fingerprint density at radius 1 is 0.610 bits per heavy atom. The predicted octanol–water partition coefficient (Wildman–Crippen LogP) is 9.47. The van der Waals surface area contributed by atoms with Crippen LogP contribution in [-0.2, 0) is 6.42 Å². The number of nitrogens with zero attached hydrogens (tertiary/aromatic N) is 3. The van der Waals surface area contributed by atoms with E-state index in [1.165, 1.54) is 32.9 Å². The van der Waals surface area contributed by atoms with Gasteiger partial charge in [0.2, 0.25) is 0 Å². The maximum Gasteiger partial charge on any atom is 0.102 e. The Balaban J connectivity index is 1.42. The molecule has 2 aromatic heterocycles. The van der Waals surface area contributed by atoms with E-state index >= 15 is 0 Å². The molecule has 0 saturated carbocycles. The van der Waals surface area contributed by atoms with Gasteiger partial charge in [-0.2, -0.15) is 5.26 Å². The number of hydrogen-bond acceptors (Lipinski definition) is 1. The summed E-state index contributed by atoms with van der Waals surface area (Å²) in [5, 5.41) is 14.4. The van der Waals surface area contributed by atoms with Crippen molar-refractivity contribution in [3.05, 3.63) is 138 Å². The number of aromatic nitrogens is 2. The van der Waals surface area contributed by atoms with Crippen molar-refractivity contribution in [1.82, 2.24) is 9.13 Å². The Labute approximate surface area is 238 Å². The Hall–Kier alpha value is -5.33. The molecule has 8 rings (SSSR count). The molecular formula is C38H27N3. The molecule has 0 aliphatic heterocycles. The first-order valence-electron chi connectivity index (χ1n) is 14.2. The van der Waals surface area contributed by atoms with Gasteiger partial charge in [0.05, 0.1) is 33.5 Å². The van der Waals surface area contributed by atoms with E-state index in [0.717, 1.165) is 40.0 Å². The first-order chi connectivity index (χ1) is 20.2. The molecule has 194 valence electrons. The molecule has 41 heavy (non-hydrogen) atoms. The van der Waals surface area contributed by atoms with Gasteiger partial charge in [-0.25, -0.2) is 0 Å². The van der Waals surface area contributed by atoms with Gasteiger partial charge in [0.25, 0.3) is 0 Å². The molecule has 0 spiro atoms. The van der Waals surface area contributed by atoms with E-state index in [0.29, 0.717) is 11.5 Å². The average molecular weight is 526 g/mol. The van der Waals surface area contributed by atoms with Crippen LogP contribution in [-0.4, -0.2) is 9.13 Å². The summed E-state index contributed by atoms with van der Waals surface area (Å²) in [6, 6.07) is 43.0. The molecule has 0 N–H and O–H groups in total. The van der Waals surface area contributed by atoms with Crippen molar-refractivity contribution in [2.45, 2.75) is 13.3 Å². The fraction of sp³-hybridized carbons (Fsp3) is 0.0789. The second-order valence-corrected chi connectivity index (χ2v) is 11.0. The first kappa shape index (κ1) is 23.5. The lowest BCUT2D eigenvalue weighted by Crippen LogP contribution is -2.09. The summed E-state index contributed by atoms with van der Waals surface area (Å²) < 4.78 is 4.67. The predicted molar refractivity (Wildman–Crippen MR) is 170 cm³/mol. The van der Waals surface area contributed by atoms with E-state index in [1.807, 2.05) is 0 Å². The summed E-state index contributed by atoms with van der Waals surface area (Å²) >= 11 is 0. The van der Waals surface area contributed by atoms with E-state index in [-0.39, 0.29) is 0 Å². The summed E-state index contributed by atoms with van der Waals surface area (Å²) in [6.45, 7) is 2.27. The van der Waals surface area contributed by atoms with Crippen LogP contribution >= 0.6 is 0 Å². The Bertz CT molecular complexity index is 2160. The third kappa shape index (κ3) is 3.44. The smallest absolute Gasteiger partial charge is 0.102 e. The summed E-state index contributed by atoms with van der Waals surface area (Å²) in [7, 11) is 0. The van der Waals surface area contributed by atoms with Crippen molar-refractivity contribution in [1.29, 1.82) is 5.26 Å². The van der Waals surface area contributed by atoms with Gasteiger partial charge in [0, 0.05) is 38.5 Å². The van der Waals surface area contributed by atoms with Crippen LogP contribution in [0, 0.1) is 17.2 Å². The van der Waals surface area contributed by atoms with E-state index in [2.05, 4.69) is 150 Å². The molecule has 0 amide bonds. The number of benzene rings is 5. The van der Waals surface area contributed by atoms with Gasteiger partial charge >= 0.3 is 0 Å². The molecular weight excluding hydrogens is 498 g/mol. The maximum atomic E-state index is 10.7. The van der Waals surface area contributed by atoms with Crippen molar-refractivity contribution < 1.29 is 0 Å². The van der Waals surface area contributed by atoms with E-state index in [1.54, 1.807) is 0 Å². The number of para-hydroxylation sites is 4. The lowest BCUT2D eigenvalue weighted by molar-refractivity contribution is 0.691. The minimum Gasteiger partial charge on any atom is -0.312 e. The monoisotopic (exact) mass is 525 g/mol. The quantitative estimate of drug-likeness (QED) is 0.226. The molecule has 7 aromatic rings. The van der Waals surface area contributed by atoms with Crippen molar-refractivity contribution >= 4 is 38.8 Å². The van der Waals surface area contributed by atoms with Crippen molar-refractivity contribution in [2.24, 2.45) is 5.92 Å². The van der Waals surface area contributed by atoms with Gasteiger partial charge in [0.15, 0.2) is 0 Å². The van der Waals surface area contributed by atoms with Crippen LogP contribution in [0.2, 0.25) is 0 Å². The van der Waals surface area contributed by atoms with Crippen LogP contribution in [0.3, 0.4) is 0 Å². The van der Waals surface area contributed by atoms with Crippen LogP contribution in [0.4, 0.5) is 0 Å². The fourth-order valence-electron chi connectivity index (χ4n) is 6.76. The van der Waals surface area contributed by atoms with Crippen LogP contribution in [0.5, 0.6) is 0 Å². The van der Waals surface area contributed by atoms with Crippen molar-refractivity contribution in [3.63, 3.8) is 0 Å². The Kier molecular flexibility index (Phi) is 5.23. The molecule has 3 nitrogen and oxygen atoms in total. The largest absolute Gasteiger partial charge is 0.312 e. The highest BCUT2D eigenvalue weighted by atomic mass is 15.0. The maximum absolute atomic E-state index is 10.7. The zero-order valence-electron chi connectivity index (χ0n) is 22.8.